The summed E-state index contributed by atoms with van der Waals surface area (Å²) in [7, 11) is 0. The van der Waals surface area contributed by atoms with E-state index >= 15 is 0 Å². The van der Waals surface area contributed by atoms with Gasteiger partial charge in [-0.1, -0.05) is 23.2 Å². The first-order valence-electron chi connectivity index (χ1n) is 6.53. The number of fused-ring (bicyclic) bond motifs is 1. The Kier molecular flexibility index (Phi) is 4.07. The number of amides is 1. The topological polar surface area (TPSA) is 62.0 Å². The Morgan fingerprint density at radius 2 is 1.83 bits per heavy atom. The van der Waals surface area contributed by atoms with Crippen LogP contribution in [0.15, 0.2) is 42.6 Å². The van der Waals surface area contributed by atoms with Gasteiger partial charge < -0.3 is 10.3 Å². The fraction of sp³-hybridized carbons (Fsp3) is 0. The standard InChI is InChI=1S/C16H9Cl2FN2O2/c17-12-4-2-9(6-13(12)18)21-16(23)15(22)11-7-20-14-5-8(19)1-3-10(11)14/h1-7,20H,(H,21,23). The SMILES string of the molecule is O=C(Nc1ccc(Cl)c(Cl)c1)C(=O)c1c[nH]c2cc(F)ccc12. The van der Waals surface area contributed by atoms with Gasteiger partial charge in [-0.2, -0.15) is 0 Å². The van der Waals surface area contributed by atoms with Crippen LogP contribution in [0.1, 0.15) is 10.4 Å². The molecule has 1 aromatic heterocycles. The highest BCUT2D eigenvalue weighted by Gasteiger charge is 2.20. The van der Waals surface area contributed by atoms with E-state index < -0.39 is 17.5 Å². The first-order valence-corrected chi connectivity index (χ1v) is 7.28. The third-order valence-electron chi connectivity index (χ3n) is 3.27. The number of carbonyl (C=O) groups is 2. The second-order valence-electron chi connectivity index (χ2n) is 4.80. The van der Waals surface area contributed by atoms with Crippen LogP contribution in [0.4, 0.5) is 10.1 Å². The summed E-state index contributed by atoms with van der Waals surface area (Å²) in [6.07, 6.45) is 1.38. The van der Waals surface area contributed by atoms with Gasteiger partial charge in [0.15, 0.2) is 0 Å². The van der Waals surface area contributed by atoms with Gasteiger partial charge in [-0.15, -0.1) is 0 Å². The van der Waals surface area contributed by atoms with Crippen LogP contribution in [0, 0.1) is 5.82 Å². The molecule has 2 N–H and O–H groups in total. The number of carbonyl (C=O) groups excluding carboxylic acids is 2. The minimum absolute atomic E-state index is 0.164. The van der Waals surface area contributed by atoms with Gasteiger partial charge in [-0.05, 0) is 36.4 Å². The summed E-state index contributed by atoms with van der Waals surface area (Å²) in [5, 5.41) is 3.53. The molecule has 0 fully saturated rings. The predicted molar refractivity (Wildman–Crippen MR) is 87.7 cm³/mol. The van der Waals surface area contributed by atoms with Crippen LogP contribution in [0.3, 0.4) is 0 Å². The Hall–Kier alpha value is -2.37. The summed E-state index contributed by atoms with van der Waals surface area (Å²) in [4.78, 5) is 27.1. The minimum atomic E-state index is -0.825. The van der Waals surface area contributed by atoms with Crippen LogP contribution < -0.4 is 5.32 Å². The van der Waals surface area contributed by atoms with E-state index in [0.717, 1.165) is 0 Å². The molecule has 0 spiro atoms. The lowest BCUT2D eigenvalue weighted by atomic mass is 10.1. The summed E-state index contributed by atoms with van der Waals surface area (Å²) in [5.41, 5.74) is 0.955. The third-order valence-corrected chi connectivity index (χ3v) is 4.01. The number of nitrogens with one attached hydrogen (secondary N) is 2. The summed E-state index contributed by atoms with van der Waals surface area (Å²) >= 11 is 11.7. The number of aromatic amines is 1. The van der Waals surface area contributed by atoms with Crippen molar-refractivity contribution in [3.63, 3.8) is 0 Å². The second-order valence-corrected chi connectivity index (χ2v) is 5.62. The molecule has 3 aromatic rings. The van der Waals surface area contributed by atoms with Crippen molar-refractivity contribution in [1.82, 2.24) is 4.98 Å². The number of Topliss-reactive ketones (excluding diaryl/α,β-unsaturated/α-hetero) is 1. The molecule has 0 saturated carbocycles. The Labute approximate surface area is 140 Å². The maximum absolute atomic E-state index is 13.2. The van der Waals surface area contributed by atoms with E-state index in [1.807, 2.05) is 0 Å². The molecule has 23 heavy (non-hydrogen) atoms. The smallest absolute Gasteiger partial charge is 0.296 e. The molecule has 3 rings (SSSR count). The Balaban J connectivity index is 1.86. The summed E-state index contributed by atoms with van der Waals surface area (Å²) in [6, 6.07) is 8.41. The van der Waals surface area contributed by atoms with Crippen molar-refractivity contribution < 1.29 is 14.0 Å². The van der Waals surface area contributed by atoms with Crippen LogP contribution in [-0.4, -0.2) is 16.7 Å². The number of rotatable bonds is 3. The molecule has 0 radical (unpaired) electrons. The molecule has 7 heteroatoms. The van der Waals surface area contributed by atoms with Crippen molar-refractivity contribution in [3.05, 3.63) is 64.0 Å². The first kappa shape index (κ1) is 15.5. The highest BCUT2D eigenvalue weighted by molar-refractivity contribution is 6.48. The van der Waals surface area contributed by atoms with Crippen LogP contribution >= 0.6 is 23.2 Å². The van der Waals surface area contributed by atoms with Gasteiger partial charge in [-0.3, -0.25) is 9.59 Å². The van der Waals surface area contributed by atoms with E-state index in [2.05, 4.69) is 10.3 Å². The fourth-order valence-electron chi connectivity index (χ4n) is 2.17. The highest BCUT2D eigenvalue weighted by Crippen LogP contribution is 2.25. The molecule has 0 aliphatic heterocycles. The fourth-order valence-corrected chi connectivity index (χ4v) is 2.47. The monoisotopic (exact) mass is 350 g/mol. The van der Waals surface area contributed by atoms with Crippen LogP contribution in [0.5, 0.6) is 0 Å². The average Bonchev–Trinajstić information content (AvgIpc) is 2.93. The number of ketones is 1. The Bertz CT molecular complexity index is 937. The molecule has 1 amide bonds. The van der Waals surface area contributed by atoms with E-state index in [0.29, 0.717) is 21.6 Å². The van der Waals surface area contributed by atoms with Gasteiger partial charge in [0.2, 0.25) is 0 Å². The summed E-state index contributed by atoms with van der Waals surface area (Å²) in [6.45, 7) is 0. The van der Waals surface area contributed by atoms with Crippen molar-refractivity contribution in [3.8, 4) is 0 Å². The minimum Gasteiger partial charge on any atom is -0.360 e. The van der Waals surface area contributed by atoms with Crippen LogP contribution in [-0.2, 0) is 4.79 Å². The lowest BCUT2D eigenvalue weighted by molar-refractivity contribution is -0.112. The Morgan fingerprint density at radius 1 is 1.04 bits per heavy atom. The molecular weight excluding hydrogens is 342 g/mol. The molecule has 0 unspecified atom stereocenters. The van der Waals surface area contributed by atoms with E-state index in [1.54, 1.807) is 0 Å². The molecule has 0 saturated heterocycles. The molecular formula is C16H9Cl2FN2O2. The molecule has 2 aromatic carbocycles. The Morgan fingerprint density at radius 3 is 2.57 bits per heavy atom. The van der Waals surface area contributed by atoms with Gasteiger partial charge in [0.05, 0.1) is 15.6 Å². The lowest BCUT2D eigenvalue weighted by Gasteiger charge is -2.05. The summed E-state index contributed by atoms with van der Waals surface area (Å²) < 4.78 is 13.2. The first-order chi connectivity index (χ1) is 11.0. The zero-order valence-electron chi connectivity index (χ0n) is 11.5. The number of halogens is 3. The van der Waals surface area contributed by atoms with Gasteiger partial charge >= 0.3 is 0 Å². The zero-order chi connectivity index (χ0) is 16.6. The number of H-pyrrole nitrogens is 1. The van der Waals surface area contributed by atoms with E-state index in [4.69, 9.17) is 23.2 Å². The number of aromatic nitrogens is 1. The molecule has 0 aliphatic carbocycles. The van der Waals surface area contributed by atoms with Gasteiger partial charge in [0.1, 0.15) is 5.82 Å². The van der Waals surface area contributed by atoms with E-state index in [9.17, 15) is 14.0 Å². The van der Waals surface area contributed by atoms with Crippen molar-refractivity contribution in [1.29, 1.82) is 0 Å². The third kappa shape index (κ3) is 3.06. The second kappa shape index (κ2) is 6.02. The molecule has 0 aliphatic rings. The molecule has 0 bridgehead atoms. The molecule has 0 atom stereocenters. The molecule has 4 nitrogen and oxygen atoms in total. The predicted octanol–water partition coefficient (Wildman–Crippen LogP) is 4.44. The van der Waals surface area contributed by atoms with Crippen molar-refractivity contribution in [2.75, 3.05) is 5.32 Å². The zero-order valence-corrected chi connectivity index (χ0v) is 13.0. The van der Waals surface area contributed by atoms with Crippen molar-refractivity contribution in [2.45, 2.75) is 0 Å². The lowest BCUT2D eigenvalue weighted by Crippen LogP contribution is -2.22. The number of hydrogen-bond donors (Lipinski definition) is 2. The number of benzene rings is 2. The maximum atomic E-state index is 13.2. The van der Waals surface area contributed by atoms with E-state index in [-0.39, 0.29) is 10.6 Å². The van der Waals surface area contributed by atoms with Crippen LogP contribution in [0.25, 0.3) is 10.9 Å². The van der Waals surface area contributed by atoms with Gasteiger partial charge in [-0.25, -0.2) is 4.39 Å². The highest BCUT2D eigenvalue weighted by atomic mass is 35.5. The number of anilines is 1. The normalized spacial score (nSPS) is 10.7. The van der Waals surface area contributed by atoms with E-state index in [1.165, 1.54) is 42.6 Å². The van der Waals surface area contributed by atoms with Crippen LogP contribution in [0.2, 0.25) is 10.0 Å². The van der Waals surface area contributed by atoms with Gasteiger partial charge in [0.25, 0.3) is 11.7 Å². The maximum Gasteiger partial charge on any atom is 0.296 e. The van der Waals surface area contributed by atoms with Gasteiger partial charge in [0, 0.05) is 22.8 Å². The molecule has 116 valence electrons. The largest absolute Gasteiger partial charge is 0.360 e. The summed E-state index contributed by atoms with van der Waals surface area (Å²) in [5.74, 6) is -2.00. The van der Waals surface area contributed by atoms with Crippen molar-refractivity contribution >= 4 is 51.5 Å². The van der Waals surface area contributed by atoms with Crippen molar-refractivity contribution in [2.24, 2.45) is 0 Å². The molecule has 1 heterocycles. The number of hydrogen-bond acceptors (Lipinski definition) is 2. The quantitative estimate of drug-likeness (QED) is 0.542. The average molecular weight is 351 g/mol.